The third-order valence-corrected chi connectivity index (χ3v) is 5.64. The predicted octanol–water partition coefficient (Wildman–Crippen LogP) is 3.22. The molecule has 0 heterocycles. The van der Waals surface area contributed by atoms with Crippen molar-refractivity contribution in [3.05, 3.63) is 78.4 Å². The molecule has 0 unspecified atom stereocenters. The quantitative estimate of drug-likeness (QED) is 0.658. The van der Waals surface area contributed by atoms with Crippen LogP contribution >= 0.6 is 0 Å². The molecule has 0 aliphatic carbocycles. The lowest BCUT2D eigenvalue weighted by Crippen LogP contribution is -2.41. The van der Waals surface area contributed by atoms with E-state index in [1.165, 1.54) is 0 Å². The van der Waals surface area contributed by atoms with E-state index >= 15 is 0 Å². The van der Waals surface area contributed by atoms with Gasteiger partial charge < -0.3 is 10.4 Å². The first-order valence-corrected chi connectivity index (χ1v) is 9.83. The summed E-state index contributed by atoms with van der Waals surface area (Å²) in [6, 6.07) is 20.5. The Kier molecular flexibility index (Phi) is 5.98. The van der Waals surface area contributed by atoms with Gasteiger partial charge in [0.05, 0.1) is 10.8 Å². The monoisotopic (exact) mass is 381 g/mol. The van der Waals surface area contributed by atoms with Gasteiger partial charge in [-0.3, -0.25) is 9.00 Å². The fraction of sp³-hybridized carbons (Fsp3) is 0.143. The number of benzene rings is 3. The van der Waals surface area contributed by atoms with Gasteiger partial charge in [0.15, 0.2) is 0 Å². The summed E-state index contributed by atoms with van der Waals surface area (Å²) in [6.07, 6.45) is 0.0767. The van der Waals surface area contributed by atoms with E-state index in [2.05, 4.69) is 5.32 Å². The van der Waals surface area contributed by atoms with E-state index in [4.69, 9.17) is 0 Å². The summed E-state index contributed by atoms with van der Waals surface area (Å²) in [5.74, 6) is -1.45. The first kappa shape index (κ1) is 18.8. The molecule has 0 spiro atoms. The molecule has 0 bridgehead atoms. The summed E-state index contributed by atoms with van der Waals surface area (Å²) in [7, 11) is -1.32. The maximum absolute atomic E-state index is 12.6. The van der Waals surface area contributed by atoms with Crippen LogP contribution < -0.4 is 5.32 Å². The van der Waals surface area contributed by atoms with Crippen LogP contribution in [-0.2, 0) is 15.6 Å². The average molecular weight is 381 g/mol. The zero-order valence-corrected chi connectivity index (χ0v) is 15.3. The second-order valence-electron chi connectivity index (χ2n) is 6.04. The maximum Gasteiger partial charge on any atom is 0.326 e. The molecule has 0 radical (unpaired) electrons. The number of carboxylic acids is 1. The number of hydrogen-bond acceptors (Lipinski definition) is 3. The highest BCUT2D eigenvalue weighted by molar-refractivity contribution is 7.85. The molecule has 138 valence electrons. The van der Waals surface area contributed by atoms with Crippen molar-refractivity contribution in [3.63, 3.8) is 0 Å². The van der Waals surface area contributed by atoms with Crippen LogP contribution in [-0.4, -0.2) is 33.0 Å². The second-order valence-corrected chi connectivity index (χ2v) is 7.61. The number of rotatable bonds is 7. The van der Waals surface area contributed by atoms with Gasteiger partial charge in [0.25, 0.3) is 5.91 Å². The van der Waals surface area contributed by atoms with Crippen LogP contribution in [0.2, 0.25) is 0 Å². The van der Waals surface area contributed by atoms with Crippen molar-refractivity contribution in [2.45, 2.75) is 17.4 Å². The third-order valence-electron chi connectivity index (χ3n) is 4.24. The number of carbonyl (C=O) groups excluding carboxylic acids is 1. The van der Waals surface area contributed by atoms with E-state index in [1.54, 1.807) is 36.4 Å². The van der Waals surface area contributed by atoms with E-state index in [1.807, 2.05) is 36.4 Å². The van der Waals surface area contributed by atoms with Gasteiger partial charge in [-0.2, -0.15) is 0 Å². The first-order chi connectivity index (χ1) is 13.1. The van der Waals surface area contributed by atoms with E-state index in [9.17, 15) is 18.9 Å². The van der Waals surface area contributed by atoms with E-state index in [0.29, 0.717) is 10.5 Å². The Labute approximate surface area is 159 Å². The van der Waals surface area contributed by atoms with Gasteiger partial charge >= 0.3 is 5.97 Å². The van der Waals surface area contributed by atoms with Crippen LogP contribution in [0.15, 0.2) is 77.7 Å². The molecule has 0 aliphatic heterocycles. The summed E-state index contributed by atoms with van der Waals surface area (Å²) in [4.78, 5) is 24.8. The molecule has 0 fully saturated rings. The Hall–Kier alpha value is -2.99. The summed E-state index contributed by atoms with van der Waals surface area (Å²) in [5.41, 5.74) is 0.420. The van der Waals surface area contributed by atoms with Gasteiger partial charge in [0.2, 0.25) is 0 Å². The lowest BCUT2D eigenvalue weighted by Gasteiger charge is -2.15. The topological polar surface area (TPSA) is 83.5 Å². The zero-order valence-electron chi connectivity index (χ0n) is 14.5. The maximum atomic E-state index is 12.6. The lowest BCUT2D eigenvalue weighted by atomic mass is 10.0. The summed E-state index contributed by atoms with van der Waals surface area (Å²) >= 11 is 0. The minimum atomic E-state index is -1.32. The van der Waals surface area contributed by atoms with Gasteiger partial charge in [0, 0.05) is 16.2 Å². The number of carboxylic acid groups (broad SMARTS) is 1. The number of amides is 1. The molecule has 0 saturated heterocycles. The van der Waals surface area contributed by atoms with Gasteiger partial charge in [0.1, 0.15) is 6.04 Å². The summed E-state index contributed by atoms with van der Waals surface area (Å²) in [5, 5.41) is 13.7. The molecular formula is C21H19NO4S. The van der Waals surface area contributed by atoms with Crippen molar-refractivity contribution in [2.24, 2.45) is 0 Å². The van der Waals surface area contributed by atoms with Crippen LogP contribution in [0.25, 0.3) is 10.8 Å². The molecule has 0 aromatic heterocycles. The normalized spacial score (nSPS) is 13.0. The number of hydrogen-bond donors (Lipinski definition) is 2. The number of carbonyl (C=O) groups is 2. The van der Waals surface area contributed by atoms with E-state index < -0.39 is 28.7 Å². The molecule has 1 amide bonds. The standard InChI is InChI=1S/C21H19NO4S/c23-20(18-12-6-8-15-7-4-5-11-17(15)18)22-19(21(24)25)13-14-27(26)16-9-2-1-3-10-16/h1-12,19H,13-14H2,(H,22,23)(H,24,25)/t19-,27-/m0/s1. The Morgan fingerprint density at radius 3 is 2.33 bits per heavy atom. The van der Waals surface area contributed by atoms with Gasteiger partial charge in [-0.05, 0) is 35.4 Å². The third kappa shape index (κ3) is 4.60. The van der Waals surface area contributed by atoms with Gasteiger partial charge in [-0.1, -0.05) is 54.6 Å². The van der Waals surface area contributed by atoms with E-state index in [-0.39, 0.29) is 12.2 Å². The molecule has 3 aromatic carbocycles. The number of aliphatic carboxylic acids is 1. The minimum Gasteiger partial charge on any atom is -0.480 e. The molecular weight excluding hydrogens is 362 g/mol. The Morgan fingerprint density at radius 1 is 0.926 bits per heavy atom. The molecule has 5 nitrogen and oxygen atoms in total. The fourth-order valence-electron chi connectivity index (χ4n) is 2.83. The van der Waals surface area contributed by atoms with Gasteiger partial charge in [-0.25, -0.2) is 4.79 Å². The molecule has 2 atom stereocenters. The molecule has 3 aromatic rings. The van der Waals surface area contributed by atoms with Crippen molar-refractivity contribution < 1.29 is 18.9 Å². The second kappa shape index (κ2) is 8.60. The van der Waals surface area contributed by atoms with Crippen molar-refractivity contribution in [1.82, 2.24) is 5.32 Å². The van der Waals surface area contributed by atoms with Crippen molar-refractivity contribution in [1.29, 1.82) is 0 Å². The van der Waals surface area contributed by atoms with Crippen molar-refractivity contribution >= 4 is 33.4 Å². The highest BCUT2D eigenvalue weighted by atomic mass is 32.2. The van der Waals surface area contributed by atoms with Crippen LogP contribution in [0.4, 0.5) is 0 Å². The van der Waals surface area contributed by atoms with Crippen LogP contribution in [0.5, 0.6) is 0 Å². The molecule has 3 rings (SSSR count). The SMILES string of the molecule is O=C(N[C@@H](CC[S@](=O)c1ccccc1)C(=O)O)c1cccc2ccccc12. The molecule has 6 heteroatoms. The summed E-state index contributed by atoms with van der Waals surface area (Å²) < 4.78 is 12.3. The van der Waals surface area contributed by atoms with Crippen molar-refractivity contribution in [2.75, 3.05) is 5.75 Å². The van der Waals surface area contributed by atoms with Crippen molar-refractivity contribution in [3.8, 4) is 0 Å². The average Bonchev–Trinajstić information content (AvgIpc) is 2.70. The minimum absolute atomic E-state index is 0.0767. The Balaban J connectivity index is 1.71. The molecule has 2 N–H and O–H groups in total. The van der Waals surface area contributed by atoms with Gasteiger partial charge in [-0.15, -0.1) is 0 Å². The largest absolute Gasteiger partial charge is 0.480 e. The Morgan fingerprint density at radius 2 is 1.59 bits per heavy atom. The highest BCUT2D eigenvalue weighted by Gasteiger charge is 2.22. The molecule has 0 aliphatic rings. The van der Waals surface area contributed by atoms with E-state index in [0.717, 1.165) is 10.8 Å². The molecule has 27 heavy (non-hydrogen) atoms. The highest BCUT2D eigenvalue weighted by Crippen LogP contribution is 2.18. The van der Waals surface area contributed by atoms with Crippen LogP contribution in [0, 0.1) is 0 Å². The molecule has 0 saturated carbocycles. The predicted molar refractivity (Wildman–Crippen MR) is 105 cm³/mol. The number of nitrogens with one attached hydrogen (secondary N) is 1. The fourth-order valence-corrected chi connectivity index (χ4v) is 3.98. The van der Waals surface area contributed by atoms with Crippen LogP contribution in [0.1, 0.15) is 16.8 Å². The van der Waals surface area contributed by atoms with Crippen LogP contribution in [0.3, 0.4) is 0 Å². The smallest absolute Gasteiger partial charge is 0.326 e. The number of fused-ring (bicyclic) bond motifs is 1. The first-order valence-electron chi connectivity index (χ1n) is 8.51. The summed E-state index contributed by atoms with van der Waals surface area (Å²) in [6.45, 7) is 0. The lowest BCUT2D eigenvalue weighted by molar-refractivity contribution is -0.139. The Bertz CT molecular complexity index is 982. The zero-order chi connectivity index (χ0) is 19.2.